The van der Waals surface area contributed by atoms with Gasteiger partial charge in [-0.05, 0) is 44.2 Å². The molecule has 0 bridgehead atoms. The molecule has 0 aliphatic rings. The number of furan rings is 1. The van der Waals surface area contributed by atoms with Gasteiger partial charge in [0, 0.05) is 10.6 Å². The zero-order valence-corrected chi connectivity index (χ0v) is 11.5. The lowest BCUT2D eigenvalue weighted by molar-refractivity contribution is 0.439. The molecule has 96 valence electrons. The van der Waals surface area contributed by atoms with Crippen molar-refractivity contribution in [1.82, 2.24) is 5.32 Å². The van der Waals surface area contributed by atoms with E-state index in [0.717, 1.165) is 35.1 Å². The zero-order chi connectivity index (χ0) is 13.0. The van der Waals surface area contributed by atoms with Crippen molar-refractivity contribution in [3.63, 3.8) is 0 Å². The van der Waals surface area contributed by atoms with Crippen LogP contribution in [0.4, 0.5) is 0 Å². The minimum Gasteiger partial charge on any atom is -0.459 e. The molecule has 0 fully saturated rings. The van der Waals surface area contributed by atoms with Gasteiger partial charge in [0.15, 0.2) is 0 Å². The van der Waals surface area contributed by atoms with E-state index in [1.807, 2.05) is 36.4 Å². The normalized spacial score (nSPS) is 12.6. The van der Waals surface area contributed by atoms with E-state index < -0.39 is 0 Å². The Kier molecular flexibility index (Phi) is 4.45. The summed E-state index contributed by atoms with van der Waals surface area (Å²) < 4.78 is 5.86. The highest BCUT2D eigenvalue weighted by Crippen LogP contribution is 2.27. The summed E-state index contributed by atoms with van der Waals surface area (Å²) in [6, 6.07) is 11.9. The molecule has 3 heteroatoms. The van der Waals surface area contributed by atoms with Crippen LogP contribution in [0.15, 0.2) is 40.8 Å². The smallest absolute Gasteiger partial charge is 0.134 e. The Bertz CT molecular complexity index is 507. The number of rotatable bonds is 5. The second-order valence-electron chi connectivity index (χ2n) is 4.39. The van der Waals surface area contributed by atoms with Gasteiger partial charge in [0.05, 0.1) is 6.04 Å². The minimum absolute atomic E-state index is 0.234. The van der Waals surface area contributed by atoms with Gasteiger partial charge in [-0.25, -0.2) is 0 Å². The van der Waals surface area contributed by atoms with Crippen molar-refractivity contribution in [1.29, 1.82) is 0 Å². The molecule has 1 N–H and O–H groups in total. The third-order valence-corrected chi connectivity index (χ3v) is 3.10. The van der Waals surface area contributed by atoms with Crippen molar-refractivity contribution in [2.45, 2.75) is 26.3 Å². The van der Waals surface area contributed by atoms with E-state index in [9.17, 15) is 0 Å². The van der Waals surface area contributed by atoms with Gasteiger partial charge < -0.3 is 9.73 Å². The topological polar surface area (TPSA) is 25.2 Å². The summed E-state index contributed by atoms with van der Waals surface area (Å²) in [5.41, 5.74) is 1.01. The molecule has 1 aromatic heterocycles. The molecule has 0 saturated heterocycles. The van der Waals surface area contributed by atoms with Gasteiger partial charge in [0.1, 0.15) is 11.5 Å². The van der Waals surface area contributed by atoms with Gasteiger partial charge in [-0.1, -0.05) is 30.7 Å². The van der Waals surface area contributed by atoms with Crippen LogP contribution < -0.4 is 5.32 Å². The number of halogens is 1. The Morgan fingerprint density at radius 2 is 2.11 bits per heavy atom. The minimum atomic E-state index is 0.234. The average molecular weight is 264 g/mol. The molecule has 1 heterocycles. The van der Waals surface area contributed by atoms with Gasteiger partial charge in [0.2, 0.25) is 0 Å². The van der Waals surface area contributed by atoms with Crippen LogP contribution in [0.3, 0.4) is 0 Å². The quantitative estimate of drug-likeness (QED) is 0.849. The first-order valence-electron chi connectivity index (χ1n) is 6.29. The first-order valence-corrected chi connectivity index (χ1v) is 6.67. The van der Waals surface area contributed by atoms with Gasteiger partial charge in [-0.15, -0.1) is 0 Å². The van der Waals surface area contributed by atoms with Crippen molar-refractivity contribution in [3.8, 4) is 11.3 Å². The molecule has 1 atom stereocenters. The van der Waals surface area contributed by atoms with Gasteiger partial charge in [-0.3, -0.25) is 0 Å². The van der Waals surface area contributed by atoms with E-state index in [4.69, 9.17) is 16.0 Å². The monoisotopic (exact) mass is 263 g/mol. The second kappa shape index (κ2) is 6.07. The summed E-state index contributed by atoms with van der Waals surface area (Å²) in [5.74, 6) is 1.82. The van der Waals surface area contributed by atoms with Gasteiger partial charge in [0.25, 0.3) is 0 Å². The molecule has 2 nitrogen and oxygen atoms in total. The molecule has 2 rings (SSSR count). The van der Waals surface area contributed by atoms with Crippen LogP contribution in [0.5, 0.6) is 0 Å². The highest BCUT2D eigenvalue weighted by Gasteiger charge is 2.10. The highest BCUT2D eigenvalue weighted by molar-refractivity contribution is 6.30. The van der Waals surface area contributed by atoms with E-state index in [1.165, 1.54) is 0 Å². The predicted molar refractivity (Wildman–Crippen MR) is 75.9 cm³/mol. The van der Waals surface area contributed by atoms with Crippen LogP contribution in [0, 0.1) is 0 Å². The molecule has 0 aliphatic heterocycles. The molecule has 0 spiro atoms. The highest BCUT2D eigenvalue weighted by atomic mass is 35.5. The average Bonchev–Trinajstić information content (AvgIpc) is 2.85. The lowest BCUT2D eigenvalue weighted by Gasteiger charge is -2.09. The van der Waals surface area contributed by atoms with Crippen molar-refractivity contribution in [2.24, 2.45) is 0 Å². The van der Waals surface area contributed by atoms with Crippen LogP contribution in [-0.4, -0.2) is 6.54 Å². The Morgan fingerprint density at radius 3 is 2.83 bits per heavy atom. The Labute approximate surface area is 113 Å². The van der Waals surface area contributed by atoms with E-state index in [2.05, 4.69) is 19.2 Å². The summed E-state index contributed by atoms with van der Waals surface area (Å²) >= 11 is 5.98. The molecule has 18 heavy (non-hydrogen) atoms. The van der Waals surface area contributed by atoms with Crippen LogP contribution in [-0.2, 0) is 0 Å². The van der Waals surface area contributed by atoms with Crippen molar-refractivity contribution < 1.29 is 4.42 Å². The predicted octanol–water partition coefficient (Wildman–Crippen LogP) is 4.66. The van der Waals surface area contributed by atoms with Crippen LogP contribution in [0.25, 0.3) is 11.3 Å². The summed E-state index contributed by atoms with van der Waals surface area (Å²) in [6.07, 6.45) is 1.12. The van der Waals surface area contributed by atoms with E-state index in [-0.39, 0.29) is 6.04 Å². The van der Waals surface area contributed by atoms with Crippen molar-refractivity contribution in [2.75, 3.05) is 6.54 Å². The molecule has 0 aliphatic carbocycles. The van der Waals surface area contributed by atoms with Gasteiger partial charge in [-0.2, -0.15) is 0 Å². The fourth-order valence-corrected chi connectivity index (χ4v) is 2.03. The maximum Gasteiger partial charge on any atom is 0.134 e. The Balaban J connectivity index is 2.15. The first-order chi connectivity index (χ1) is 8.70. The van der Waals surface area contributed by atoms with E-state index in [0.29, 0.717) is 0 Å². The summed E-state index contributed by atoms with van der Waals surface area (Å²) in [7, 11) is 0. The molecule has 1 unspecified atom stereocenters. The Morgan fingerprint density at radius 1 is 1.28 bits per heavy atom. The molecule has 1 aromatic carbocycles. The zero-order valence-electron chi connectivity index (χ0n) is 10.7. The van der Waals surface area contributed by atoms with Crippen LogP contribution in [0.1, 0.15) is 32.1 Å². The maximum absolute atomic E-state index is 5.98. The van der Waals surface area contributed by atoms with Crippen molar-refractivity contribution in [3.05, 3.63) is 47.2 Å². The molecular formula is C15H18ClNO. The fraction of sp³-hybridized carbons (Fsp3) is 0.333. The summed E-state index contributed by atoms with van der Waals surface area (Å²) in [6.45, 7) is 5.25. The molecule has 2 aromatic rings. The first kappa shape index (κ1) is 13.2. The SMILES string of the molecule is CCCNC(C)c1ccc(-c2cccc(Cl)c2)o1. The number of hydrogen-bond acceptors (Lipinski definition) is 2. The van der Waals surface area contributed by atoms with Gasteiger partial charge >= 0.3 is 0 Å². The summed E-state index contributed by atoms with van der Waals surface area (Å²) in [4.78, 5) is 0. The number of hydrogen-bond donors (Lipinski definition) is 1. The maximum atomic E-state index is 5.98. The molecule has 0 saturated carbocycles. The third kappa shape index (κ3) is 3.15. The van der Waals surface area contributed by atoms with Crippen LogP contribution in [0.2, 0.25) is 5.02 Å². The molecular weight excluding hydrogens is 246 g/mol. The number of benzene rings is 1. The van der Waals surface area contributed by atoms with E-state index >= 15 is 0 Å². The van der Waals surface area contributed by atoms with E-state index in [1.54, 1.807) is 0 Å². The third-order valence-electron chi connectivity index (χ3n) is 2.86. The largest absolute Gasteiger partial charge is 0.459 e. The lowest BCUT2D eigenvalue weighted by Crippen LogP contribution is -2.18. The second-order valence-corrected chi connectivity index (χ2v) is 4.82. The standard InChI is InChI=1S/C15H18ClNO/c1-3-9-17-11(2)14-7-8-15(18-14)12-5-4-6-13(16)10-12/h4-8,10-11,17H,3,9H2,1-2H3. The fourth-order valence-electron chi connectivity index (χ4n) is 1.84. The Hall–Kier alpha value is -1.25. The van der Waals surface area contributed by atoms with Crippen LogP contribution >= 0.6 is 11.6 Å². The number of nitrogens with one attached hydrogen (secondary N) is 1. The lowest BCUT2D eigenvalue weighted by atomic mass is 10.2. The van der Waals surface area contributed by atoms with Crippen molar-refractivity contribution >= 4 is 11.6 Å². The summed E-state index contributed by atoms with van der Waals surface area (Å²) in [5, 5.41) is 4.13. The molecule has 0 radical (unpaired) electrons. The molecule has 0 amide bonds.